The van der Waals surface area contributed by atoms with E-state index in [9.17, 15) is 4.79 Å². The van der Waals surface area contributed by atoms with E-state index in [1.165, 1.54) is 10.4 Å². The smallest absolute Gasteiger partial charge is 0.237 e. The van der Waals surface area contributed by atoms with Crippen LogP contribution in [-0.4, -0.2) is 11.9 Å². The molecule has 0 bridgehead atoms. The molecular weight excluding hydrogens is 220 g/mol. The normalized spacial score (nSPS) is 14.5. The molecule has 0 radical (unpaired) electrons. The third-order valence-electron chi connectivity index (χ3n) is 2.95. The number of hydrogen-bond acceptors (Lipinski definition) is 3. The zero-order valence-electron chi connectivity index (χ0n) is 10.1. The van der Waals surface area contributed by atoms with Gasteiger partial charge in [0.05, 0.1) is 12.6 Å². The lowest BCUT2D eigenvalue weighted by Gasteiger charge is -2.17. The van der Waals surface area contributed by atoms with Crippen molar-refractivity contribution in [3.8, 4) is 0 Å². The van der Waals surface area contributed by atoms with E-state index in [1.54, 1.807) is 11.3 Å². The van der Waals surface area contributed by atoms with Crippen molar-refractivity contribution in [2.45, 2.75) is 39.8 Å². The van der Waals surface area contributed by atoms with Gasteiger partial charge in [-0.1, -0.05) is 20.3 Å². The molecular formula is C12H20N2OS. The Kier molecular flexibility index (Phi) is 4.96. The van der Waals surface area contributed by atoms with Gasteiger partial charge >= 0.3 is 0 Å². The molecule has 90 valence electrons. The topological polar surface area (TPSA) is 55.1 Å². The Morgan fingerprint density at radius 2 is 2.31 bits per heavy atom. The van der Waals surface area contributed by atoms with Gasteiger partial charge in [-0.2, -0.15) is 0 Å². The molecule has 1 rings (SSSR count). The first-order valence-electron chi connectivity index (χ1n) is 5.62. The molecule has 0 aliphatic heterocycles. The van der Waals surface area contributed by atoms with E-state index in [4.69, 9.17) is 5.73 Å². The van der Waals surface area contributed by atoms with Gasteiger partial charge in [-0.05, 0) is 29.9 Å². The Bertz CT molecular complexity index is 349. The number of amides is 1. The molecule has 3 N–H and O–H groups in total. The van der Waals surface area contributed by atoms with Crippen molar-refractivity contribution in [1.29, 1.82) is 0 Å². The zero-order valence-corrected chi connectivity index (χ0v) is 10.9. The van der Waals surface area contributed by atoms with Crippen LogP contribution in [0.1, 0.15) is 30.7 Å². The summed E-state index contributed by atoms with van der Waals surface area (Å²) in [5, 5.41) is 4.92. The van der Waals surface area contributed by atoms with Crippen molar-refractivity contribution in [2.24, 2.45) is 11.7 Å². The average Bonchev–Trinajstić information content (AvgIpc) is 2.69. The number of aryl methyl sites for hydroxylation is 1. The van der Waals surface area contributed by atoms with Crippen LogP contribution in [0, 0.1) is 12.8 Å². The van der Waals surface area contributed by atoms with Crippen LogP contribution < -0.4 is 11.1 Å². The Labute approximate surface area is 101 Å². The average molecular weight is 240 g/mol. The second-order valence-corrected chi connectivity index (χ2v) is 5.16. The van der Waals surface area contributed by atoms with E-state index in [0.29, 0.717) is 6.54 Å². The summed E-state index contributed by atoms with van der Waals surface area (Å²) >= 11 is 1.66. The molecule has 0 fully saturated rings. The van der Waals surface area contributed by atoms with Gasteiger partial charge in [-0.3, -0.25) is 4.79 Å². The van der Waals surface area contributed by atoms with Gasteiger partial charge < -0.3 is 11.1 Å². The molecule has 2 atom stereocenters. The minimum absolute atomic E-state index is 0.0536. The first-order chi connectivity index (χ1) is 7.56. The van der Waals surface area contributed by atoms with Gasteiger partial charge in [0.1, 0.15) is 0 Å². The Morgan fingerprint density at radius 1 is 1.62 bits per heavy atom. The number of thiophene rings is 1. The zero-order chi connectivity index (χ0) is 12.1. The molecule has 0 saturated carbocycles. The summed E-state index contributed by atoms with van der Waals surface area (Å²) in [6.07, 6.45) is 0.923. The summed E-state index contributed by atoms with van der Waals surface area (Å²) in [6.45, 7) is 6.68. The summed E-state index contributed by atoms with van der Waals surface area (Å²) in [5.41, 5.74) is 7.06. The minimum atomic E-state index is -0.398. The summed E-state index contributed by atoms with van der Waals surface area (Å²) in [5.74, 6) is 0.173. The Hall–Kier alpha value is -0.870. The van der Waals surface area contributed by atoms with Crippen molar-refractivity contribution in [2.75, 3.05) is 0 Å². The van der Waals surface area contributed by atoms with Gasteiger partial charge in [0.15, 0.2) is 0 Å². The summed E-state index contributed by atoms with van der Waals surface area (Å²) in [4.78, 5) is 12.9. The fourth-order valence-corrected chi connectivity index (χ4v) is 2.23. The molecule has 16 heavy (non-hydrogen) atoms. The fraction of sp³-hybridized carbons (Fsp3) is 0.583. The first kappa shape index (κ1) is 13.2. The van der Waals surface area contributed by atoms with Gasteiger partial charge in [0, 0.05) is 4.88 Å². The van der Waals surface area contributed by atoms with E-state index in [1.807, 2.05) is 26.2 Å². The minimum Gasteiger partial charge on any atom is -0.350 e. The standard InChI is InChI=1S/C12H20N2OS/c1-4-8(2)11(13)12(15)14-7-10-9(3)5-6-16-10/h5-6,8,11H,4,7,13H2,1-3H3,(H,14,15)/t8?,11-/m0/s1. The number of carbonyl (C=O) groups is 1. The summed E-state index contributed by atoms with van der Waals surface area (Å²) in [6, 6.07) is 1.66. The lowest BCUT2D eigenvalue weighted by molar-refractivity contribution is -0.123. The summed E-state index contributed by atoms with van der Waals surface area (Å²) in [7, 11) is 0. The third-order valence-corrected chi connectivity index (χ3v) is 3.97. The van der Waals surface area contributed by atoms with E-state index in [-0.39, 0.29) is 11.8 Å². The number of nitrogens with two attached hydrogens (primary N) is 1. The first-order valence-corrected chi connectivity index (χ1v) is 6.50. The molecule has 0 aromatic carbocycles. The highest BCUT2D eigenvalue weighted by molar-refractivity contribution is 7.10. The fourth-order valence-electron chi connectivity index (χ4n) is 1.38. The van der Waals surface area contributed by atoms with Crippen molar-refractivity contribution in [3.05, 3.63) is 21.9 Å². The highest BCUT2D eigenvalue weighted by Crippen LogP contribution is 2.15. The number of carbonyl (C=O) groups excluding carboxylic acids is 1. The van der Waals surface area contributed by atoms with Crippen LogP contribution in [0.3, 0.4) is 0 Å². The molecule has 1 aromatic heterocycles. The van der Waals surface area contributed by atoms with Crippen molar-refractivity contribution in [1.82, 2.24) is 5.32 Å². The molecule has 0 saturated heterocycles. The van der Waals surface area contributed by atoms with Crippen LogP contribution in [0.4, 0.5) is 0 Å². The summed E-state index contributed by atoms with van der Waals surface area (Å²) < 4.78 is 0. The van der Waals surface area contributed by atoms with Crippen LogP contribution in [-0.2, 0) is 11.3 Å². The van der Waals surface area contributed by atoms with Crippen molar-refractivity contribution >= 4 is 17.2 Å². The maximum atomic E-state index is 11.7. The SMILES string of the molecule is CCC(C)[C@H](N)C(=O)NCc1sccc1C. The van der Waals surface area contributed by atoms with E-state index < -0.39 is 6.04 Å². The second-order valence-electron chi connectivity index (χ2n) is 4.16. The highest BCUT2D eigenvalue weighted by Gasteiger charge is 2.19. The molecule has 1 unspecified atom stereocenters. The number of hydrogen-bond donors (Lipinski definition) is 2. The molecule has 0 aliphatic rings. The van der Waals surface area contributed by atoms with Gasteiger partial charge in [-0.15, -0.1) is 11.3 Å². The van der Waals surface area contributed by atoms with Crippen molar-refractivity contribution < 1.29 is 4.79 Å². The number of nitrogens with one attached hydrogen (secondary N) is 1. The lowest BCUT2D eigenvalue weighted by atomic mass is 9.99. The van der Waals surface area contributed by atoms with Crippen molar-refractivity contribution in [3.63, 3.8) is 0 Å². The van der Waals surface area contributed by atoms with Crippen LogP contribution in [0.2, 0.25) is 0 Å². The van der Waals surface area contributed by atoms with E-state index in [0.717, 1.165) is 6.42 Å². The monoisotopic (exact) mass is 240 g/mol. The largest absolute Gasteiger partial charge is 0.350 e. The molecule has 0 spiro atoms. The predicted molar refractivity (Wildman–Crippen MR) is 68.3 cm³/mol. The maximum absolute atomic E-state index is 11.7. The second kappa shape index (κ2) is 6.01. The van der Waals surface area contributed by atoms with Crippen LogP contribution in [0.25, 0.3) is 0 Å². The van der Waals surface area contributed by atoms with Gasteiger partial charge in [0.2, 0.25) is 5.91 Å². The van der Waals surface area contributed by atoms with Gasteiger partial charge in [0.25, 0.3) is 0 Å². The lowest BCUT2D eigenvalue weighted by Crippen LogP contribution is -2.44. The Balaban J connectivity index is 2.44. The van der Waals surface area contributed by atoms with Crippen LogP contribution >= 0.6 is 11.3 Å². The molecule has 4 heteroatoms. The highest BCUT2D eigenvalue weighted by atomic mass is 32.1. The number of rotatable bonds is 5. The third kappa shape index (κ3) is 3.32. The molecule has 1 heterocycles. The van der Waals surface area contributed by atoms with Crippen LogP contribution in [0.15, 0.2) is 11.4 Å². The van der Waals surface area contributed by atoms with Gasteiger partial charge in [-0.25, -0.2) is 0 Å². The maximum Gasteiger partial charge on any atom is 0.237 e. The Morgan fingerprint density at radius 3 is 2.81 bits per heavy atom. The predicted octanol–water partition coefficient (Wildman–Crippen LogP) is 2.05. The van der Waals surface area contributed by atoms with E-state index in [2.05, 4.69) is 11.4 Å². The quantitative estimate of drug-likeness (QED) is 0.827. The van der Waals surface area contributed by atoms with Crippen LogP contribution in [0.5, 0.6) is 0 Å². The van der Waals surface area contributed by atoms with E-state index >= 15 is 0 Å². The molecule has 1 aromatic rings. The molecule has 3 nitrogen and oxygen atoms in total. The molecule has 1 amide bonds. The molecule has 0 aliphatic carbocycles.